The summed E-state index contributed by atoms with van der Waals surface area (Å²) in [6.07, 6.45) is 5.38. The number of H-pyrrole nitrogens is 1. The molecule has 0 saturated carbocycles. The van der Waals surface area contributed by atoms with Crippen LogP contribution in [0.25, 0.3) is 11.0 Å². The van der Waals surface area contributed by atoms with Gasteiger partial charge in [0.15, 0.2) is 0 Å². The summed E-state index contributed by atoms with van der Waals surface area (Å²) in [5.41, 5.74) is 3.64. The molecule has 1 aromatic carbocycles. The number of hydrogen-bond donors (Lipinski definition) is 1. The predicted octanol–water partition coefficient (Wildman–Crippen LogP) is 2.91. The van der Waals surface area contributed by atoms with Gasteiger partial charge in [-0.05, 0) is 24.5 Å². The minimum absolute atomic E-state index is 1.14. The lowest BCUT2D eigenvalue weighted by Gasteiger charge is -1.99. The summed E-state index contributed by atoms with van der Waals surface area (Å²) in [5.74, 6) is 0. The Balaban J connectivity index is 2.37. The molecule has 1 aromatic heterocycles. The quantitative estimate of drug-likeness (QED) is 0.761. The van der Waals surface area contributed by atoms with Crippen LogP contribution in [0.4, 0.5) is 0 Å². The van der Waals surface area contributed by atoms with Crippen molar-refractivity contribution in [3.8, 4) is 0 Å². The summed E-state index contributed by atoms with van der Waals surface area (Å²) in [4.78, 5) is 7.44. The van der Waals surface area contributed by atoms with Crippen molar-refractivity contribution in [1.82, 2.24) is 9.97 Å². The molecule has 0 aliphatic carbocycles. The zero-order chi connectivity index (χ0) is 9.10. The maximum absolute atomic E-state index is 4.32. The van der Waals surface area contributed by atoms with Crippen molar-refractivity contribution in [3.63, 3.8) is 0 Å². The van der Waals surface area contributed by atoms with Crippen LogP contribution in [0.5, 0.6) is 0 Å². The molecular formula is C11H14N2. The van der Waals surface area contributed by atoms with Crippen LogP contribution < -0.4 is 0 Å². The van der Waals surface area contributed by atoms with Crippen LogP contribution in [0, 0.1) is 0 Å². The summed E-state index contributed by atoms with van der Waals surface area (Å²) in [7, 11) is 0. The SMILES string of the molecule is CCCCc1cccc2[nH]cnc12. The summed E-state index contributed by atoms with van der Waals surface area (Å²) in [6.45, 7) is 2.21. The fraction of sp³-hybridized carbons (Fsp3) is 0.364. The number of nitrogens with zero attached hydrogens (tertiary/aromatic N) is 1. The van der Waals surface area contributed by atoms with E-state index >= 15 is 0 Å². The van der Waals surface area contributed by atoms with Gasteiger partial charge in [0.05, 0.1) is 17.4 Å². The molecule has 68 valence electrons. The normalized spacial score (nSPS) is 10.8. The van der Waals surface area contributed by atoms with Crippen molar-refractivity contribution in [2.24, 2.45) is 0 Å². The number of unbranched alkanes of at least 4 members (excludes halogenated alkanes) is 1. The maximum Gasteiger partial charge on any atom is 0.0931 e. The van der Waals surface area contributed by atoms with E-state index in [2.05, 4.69) is 35.1 Å². The Labute approximate surface area is 78.0 Å². The lowest BCUT2D eigenvalue weighted by molar-refractivity contribution is 0.798. The van der Waals surface area contributed by atoms with Crippen molar-refractivity contribution >= 4 is 11.0 Å². The molecule has 0 atom stereocenters. The molecule has 0 unspecified atom stereocenters. The van der Waals surface area contributed by atoms with E-state index in [0.717, 1.165) is 17.5 Å². The highest BCUT2D eigenvalue weighted by molar-refractivity contribution is 5.78. The third-order valence-electron chi connectivity index (χ3n) is 2.33. The molecule has 2 nitrogen and oxygen atoms in total. The molecule has 1 N–H and O–H groups in total. The van der Waals surface area contributed by atoms with Crippen molar-refractivity contribution in [3.05, 3.63) is 30.1 Å². The number of fused-ring (bicyclic) bond motifs is 1. The Morgan fingerprint density at radius 3 is 3.15 bits per heavy atom. The third kappa shape index (κ3) is 1.57. The molecule has 0 spiro atoms. The second-order valence-electron chi connectivity index (χ2n) is 3.32. The van der Waals surface area contributed by atoms with E-state index in [-0.39, 0.29) is 0 Å². The van der Waals surface area contributed by atoms with Gasteiger partial charge in [-0.3, -0.25) is 0 Å². The number of aromatic amines is 1. The van der Waals surface area contributed by atoms with Gasteiger partial charge in [0, 0.05) is 0 Å². The van der Waals surface area contributed by atoms with Crippen LogP contribution in [0.2, 0.25) is 0 Å². The van der Waals surface area contributed by atoms with Gasteiger partial charge in [-0.1, -0.05) is 25.5 Å². The first-order chi connectivity index (χ1) is 6.42. The topological polar surface area (TPSA) is 28.7 Å². The molecule has 0 bridgehead atoms. The van der Waals surface area contributed by atoms with Gasteiger partial charge in [0.1, 0.15) is 0 Å². The Morgan fingerprint density at radius 2 is 2.31 bits per heavy atom. The molecule has 0 saturated heterocycles. The lowest BCUT2D eigenvalue weighted by atomic mass is 10.1. The standard InChI is InChI=1S/C11H14N2/c1-2-3-5-9-6-4-7-10-11(9)13-8-12-10/h4,6-8H,2-3,5H2,1H3,(H,12,13). The maximum atomic E-state index is 4.32. The smallest absolute Gasteiger partial charge is 0.0931 e. The van der Waals surface area contributed by atoms with Crippen molar-refractivity contribution in [1.29, 1.82) is 0 Å². The monoisotopic (exact) mass is 174 g/mol. The van der Waals surface area contributed by atoms with E-state index in [1.807, 2.05) is 0 Å². The molecule has 0 amide bonds. The Morgan fingerprint density at radius 1 is 1.38 bits per heavy atom. The van der Waals surface area contributed by atoms with Gasteiger partial charge >= 0.3 is 0 Å². The molecule has 2 heteroatoms. The largest absolute Gasteiger partial charge is 0.345 e. The van der Waals surface area contributed by atoms with Crippen LogP contribution >= 0.6 is 0 Å². The highest BCUT2D eigenvalue weighted by Gasteiger charge is 2.01. The minimum Gasteiger partial charge on any atom is -0.345 e. The van der Waals surface area contributed by atoms with Crippen molar-refractivity contribution in [2.75, 3.05) is 0 Å². The first-order valence-electron chi connectivity index (χ1n) is 4.83. The van der Waals surface area contributed by atoms with E-state index in [0.29, 0.717) is 0 Å². The zero-order valence-electron chi connectivity index (χ0n) is 7.88. The number of imidazole rings is 1. The number of para-hydroxylation sites is 1. The fourth-order valence-electron chi connectivity index (χ4n) is 1.60. The van der Waals surface area contributed by atoms with Gasteiger partial charge in [0.2, 0.25) is 0 Å². The average Bonchev–Trinajstić information content (AvgIpc) is 2.62. The van der Waals surface area contributed by atoms with Gasteiger partial charge < -0.3 is 4.98 Å². The van der Waals surface area contributed by atoms with E-state index in [1.54, 1.807) is 6.33 Å². The number of hydrogen-bond acceptors (Lipinski definition) is 1. The number of nitrogens with one attached hydrogen (secondary N) is 1. The van der Waals surface area contributed by atoms with Gasteiger partial charge in [-0.15, -0.1) is 0 Å². The molecular weight excluding hydrogens is 160 g/mol. The number of aromatic nitrogens is 2. The molecule has 1 heterocycles. The van der Waals surface area contributed by atoms with Crippen LogP contribution in [0.1, 0.15) is 25.3 Å². The second kappa shape index (κ2) is 3.60. The van der Waals surface area contributed by atoms with Gasteiger partial charge in [-0.2, -0.15) is 0 Å². The van der Waals surface area contributed by atoms with E-state index < -0.39 is 0 Å². The van der Waals surface area contributed by atoms with E-state index in [9.17, 15) is 0 Å². The van der Waals surface area contributed by atoms with Crippen LogP contribution in [-0.2, 0) is 6.42 Å². The van der Waals surface area contributed by atoms with Crippen molar-refractivity contribution < 1.29 is 0 Å². The summed E-state index contributed by atoms with van der Waals surface area (Å²) in [6, 6.07) is 6.32. The molecule has 0 aliphatic rings. The fourth-order valence-corrected chi connectivity index (χ4v) is 1.60. The van der Waals surface area contributed by atoms with E-state index in [4.69, 9.17) is 0 Å². The Hall–Kier alpha value is -1.31. The van der Waals surface area contributed by atoms with Crippen molar-refractivity contribution in [2.45, 2.75) is 26.2 Å². The highest BCUT2D eigenvalue weighted by Crippen LogP contribution is 2.16. The van der Waals surface area contributed by atoms with Crippen LogP contribution in [0.15, 0.2) is 24.5 Å². The second-order valence-corrected chi connectivity index (χ2v) is 3.32. The average molecular weight is 174 g/mol. The Kier molecular flexibility index (Phi) is 2.30. The first-order valence-corrected chi connectivity index (χ1v) is 4.83. The molecule has 0 radical (unpaired) electrons. The Bertz CT molecular complexity index is 390. The molecule has 0 aliphatic heterocycles. The van der Waals surface area contributed by atoms with Gasteiger partial charge in [-0.25, -0.2) is 4.98 Å². The highest BCUT2D eigenvalue weighted by atomic mass is 14.9. The number of benzene rings is 1. The van der Waals surface area contributed by atoms with Crippen LogP contribution in [-0.4, -0.2) is 9.97 Å². The zero-order valence-corrected chi connectivity index (χ0v) is 7.88. The third-order valence-corrected chi connectivity index (χ3v) is 2.33. The van der Waals surface area contributed by atoms with Gasteiger partial charge in [0.25, 0.3) is 0 Å². The van der Waals surface area contributed by atoms with E-state index in [1.165, 1.54) is 18.4 Å². The first kappa shape index (κ1) is 8.30. The molecule has 0 fully saturated rings. The van der Waals surface area contributed by atoms with Crippen LogP contribution in [0.3, 0.4) is 0 Å². The predicted molar refractivity (Wildman–Crippen MR) is 54.7 cm³/mol. The summed E-state index contributed by atoms with van der Waals surface area (Å²) in [5, 5.41) is 0. The summed E-state index contributed by atoms with van der Waals surface area (Å²) >= 11 is 0. The number of rotatable bonds is 3. The molecule has 2 rings (SSSR count). The molecule has 2 aromatic rings. The number of aryl methyl sites for hydroxylation is 1. The minimum atomic E-state index is 1.14. The summed E-state index contributed by atoms with van der Waals surface area (Å²) < 4.78 is 0. The molecule has 13 heavy (non-hydrogen) atoms. The lowest BCUT2D eigenvalue weighted by Crippen LogP contribution is -1.86.